The summed E-state index contributed by atoms with van der Waals surface area (Å²) in [5.74, 6) is 1.86. The zero-order valence-corrected chi connectivity index (χ0v) is 19.2. The first-order valence-electron chi connectivity index (χ1n) is 8.82. The Labute approximate surface area is 185 Å². The summed E-state index contributed by atoms with van der Waals surface area (Å²) < 4.78 is 31.0. The summed E-state index contributed by atoms with van der Waals surface area (Å²) in [5, 5.41) is 6.29. The lowest BCUT2D eigenvalue weighted by atomic mass is 10.2. The first kappa shape index (κ1) is 24.4. The van der Waals surface area contributed by atoms with Crippen molar-refractivity contribution in [2.45, 2.75) is 18.8 Å². The molecule has 2 rings (SSSR count). The molecular formula is C20H27FIN3O2S. The predicted octanol–water partition coefficient (Wildman–Crippen LogP) is 3.32. The topological polar surface area (TPSA) is 62.7 Å². The lowest BCUT2D eigenvalue weighted by molar-refractivity contribution is 0.223. The molecule has 0 bridgehead atoms. The van der Waals surface area contributed by atoms with Crippen LogP contribution in [0.4, 0.5) is 4.39 Å². The molecule has 0 amide bonds. The minimum absolute atomic E-state index is 0. The minimum atomic E-state index is -0.936. The number of halogens is 2. The zero-order valence-electron chi connectivity index (χ0n) is 16.1. The summed E-state index contributed by atoms with van der Waals surface area (Å²) in [7, 11) is 0.739. The highest BCUT2D eigenvalue weighted by atomic mass is 127. The Bertz CT molecular complexity index is 762. The molecule has 154 valence electrons. The van der Waals surface area contributed by atoms with Crippen LogP contribution < -0.4 is 15.4 Å². The number of guanidine groups is 1. The molecule has 8 heteroatoms. The molecule has 2 N–H and O–H groups in total. The molecule has 0 saturated carbocycles. The van der Waals surface area contributed by atoms with Crippen molar-refractivity contribution in [3.63, 3.8) is 0 Å². The Morgan fingerprint density at radius 2 is 1.93 bits per heavy atom. The molecule has 2 aromatic rings. The number of nitrogens with one attached hydrogen (secondary N) is 2. The van der Waals surface area contributed by atoms with Crippen LogP contribution in [0.5, 0.6) is 5.75 Å². The molecule has 0 fully saturated rings. The third kappa shape index (κ3) is 9.50. The molecule has 5 nitrogen and oxygen atoms in total. The van der Waals surface area contributed by atoms with Gasteiger partial charge in [-0.3, -0.25) is 9.20 Å². The fraction of sp³-hybridized carbons (Fsp3) is 0.350. The second kappa shape index (κ2) is 13.5. The van der Waals surface area contributed by atoms with Crippen LogP contribution in [-0.4, -0.2) is 42.2 Å². The average molecular weight is 519 g/mol. The molecule has 0 saturated heterocycles. The molecule has 28 heavy (non-hydrogen) atoms. The SMILES string of the molecule is CN=C(NCCS(=O)Cc1ccccc1)NCC(C)Oc1cccc(F)c1.I. The Morgan fingerprint density at radius 1 is 1.18 bits per heavy atom. The van der Waals surface area contributed by atoms with Crippen molar-refractivity contribution in [3.05, 3.63) is 66.0 Å². The van der Waals surface area contributed by atoms with Gasteiger partial charge < -0.3 is 15.4 Å². The Balaban J connectivity index is 0.00000392. The molecule has 0 aliphatic heterocycles. The zero-order chi connectivity index (χ0) is 19.5. The maximum Gasteiger partial charge on any atom is 0.191 e. The molecule has 0 radical (unpaired) electrons. The predicted molar refractivity (Wildman–Crippen MR) is 124 cm³/mol. The van der Waals surface area contributed by atoms with E-state index in [1.165, 1.54) is 12.1 Å². The fourth-order valence-electron chi connectivity index (χ4n) is 2.39. The highest BCUT2D eigenvalue weighted by Crippen LogP contribution is 2.13. The smallest absolute Gasteiger partial charge is 0.191 e. The van der Waals surface area contributed by atoms with E-state index in [2.05, 4.69) is 15.6 Å². The molecule has 0 heterocycles. The first-order valence-corrected chi connectivity index (χ1v) is 10.3. The van der Waals surface area contributed by atoms with Gasteiger partial charge in [0, 0.05) is 42.0 Å². The second-order valence-electron chi connectivity index (χ2n) is 6.04. The average Bonchev–Trinajstić information content (AvgIpc) is 2.65. The number of benzene rings is 2. The molecular weight excluding hydrogens is 492 g/mol. The van der Waals surface area contributed by atoms with Crippen molar-refractivity contribution < 1.29 is 13.3 Å². The lowest BCUT2D eigenvalue weighted by Crippen LogP contribution is -2.43. The highest BCUT2D eigenvalue weighted by molar-refractivity contribution is 14.0. The van der Waals surface area contributed by atoms with Gasteiger partial charge in [-0.05, 0) is 24.6 Å². The van der Waals surface area contributed by atoms with Crippen LogP contribution >= 0.6 is 24.0 Å². The van der Waals surface area contributed by atoms with Crippen LogP contribution in [0.1, 0.15) is 12.5 Å². The fourth-order valence-corrected chi connectivity index (χ4v) is 3.43. The van der Waals surface area contributed by atoms with Gasteiger partial charge in [0.1, 0.15) is 17.7 Å². The number of nitrogens with zero attached hydrogens (tertiary/aromatic N) is 1. The summed E-state index contributed by atoms with van der Waals surface area (Å²) >= 11 is 0. The van der Waals surface area contributed by atoms with E-state index in [1.807, 2.05) is 37.3 Å². The quantitative estimate of drug-likeness (QED) is 0.303. The van der Waals surface area contributed by atoms with Crippen LogP contribution in [0.3, 0.4) is 0 Å². The van der Waals surface area contributed by atoms with Gasteiger partial charge in [0.15, 0.2) is 5.96 Å². The van der Waals surface area contributed by atoms with Gasteiger partial charge in [-0.25, -0.2) is 4.39 Å². The Morgan fingerprint density at radius 3 is 2.61 bits per heavy atom. The maximum absolute atomic E-state index is 13.2. The van der Waals surface area contributed by atoms with E-state index >= 15 is 0 Å². The van der Waals surface area contributed by atoms with Gasteiger partial charge in [0.05, 0.1) is 6.54 Å². The third-order valence-corrected chi connectivity index (χ3v) is 5.02. The molecule has 2 atom stereocenters. The van der Waals surface area contributed by atoms with Crippen LogP contribution in [-0.2, 0) is 16.6 Å². The molecule has 2 unspecified atom stereocenters. The lowest BCUT2D eigenvalue weighted by Gasteiger charge is -2.17. The van der Waals surface area contributed by atoms with Crippen molar-refractivity contribution in [3.8, 4) is 5.75 Å². The first-order chi connectivity index (χ1) is 13.1. The Hall–Kier alpha value is -1.68. The summed E-state index contributed by atoms with van der Waals surface area (Å²) in [4.78, 5) is 4.14. The maximum atomic E-state index is 13.2. The molecule has 0 aliphatic rings. The van der Waals surface area contributed by atoms with Crippen LogP contribution in [0.15, 0.2) is 59.6 Å². The van der Waals surface area contributed by atoms with Gasteiger partial charge in [0.2, 0.25) is 0 Å². The van der Waals surface area contributed by atoms with Crippen molar-refractivity contribution in [2.24, 2.45) is 4.99 Å². The largest absolute Gasteiger partial charge is 0.489 e. The molecule has 2 aromatic carbocycles. The van der Waals surface area contributed by atoms with E-state index in [-0.39, 0.29) is 35.9 Å². The Kier molecular flexibility index (Phi) is 11.7. The van der Waals surface area contributed by atoms with Crippen molar-refractivity contribution in [2.75, 3.05) is 25.9 Å². The van der Waals surface area contributed by atoms with Crippen molar-refractivity contribution in [1.82, 2.24) is 10.6 Å². The summed E-state index contributed by atoms with van der Waals surface area (Å²) in [6, 6.07) is 15.9. The highest BCUT2D eigenvalue weighted by Gasteiger charge is 2.07. The van der Waals surface area contributed by atoms with E-state index < -0.39 is 10.8 Å². The second-order valence-corrected chi connectivity index (χ2v) is 7.62. The standard InChI is InChI=1S/C20H26FN3O2S.HI/c1-16(26-19-10-6-9-18(21)13-19)14-24-20(22-2)23-11-12-27(25)15-17-7-4-3-5-8-17;/h3-10,13,16H,11-12,14-15H2,1-2H3,(H2,22,23,24);1H. The van der Waals surface area contributed by atoms with E-state index in [0.29, 0.717) is 36.3 Å². The van der Waals surface area contributed by atoms with Crippen LogP contribution in [0.2, 0.25) is 0 Å². The van der Waals surface area contributed by atoms with Crippen molar-refractivity contribution >= 4 is 40.7 Å². The minimum Gasteiger partial charge on any atom is -0.489 e. The van der Waals surface area contributed by atoms with Crippen LogP contribution in [0.25, 0.3) is 0 Å². The van der Waals surface area contributed by atoms with Gasteiger partial charge in [0.25, 0.3) is 0 Å². The van der Waals surface area contributed by atoms with Crippen LogP contribution in [0, 0.1) is 5.82 Å². The molecule has 0 aliphatic carbocycles. The third-order valence-electron chi connectivity index (χ3n) is 3.71. The number of hydrogen-bond acceptors (Lipinski definition) is 3. The van der Waals surface area contributed by atoms with E-state index in [0.717, 1.165) is 5.56 Å². The number of aliphatic imine (C=N–C) groups is 1. The number of ether oxygens (including phenoxy) is 1. The van der Waals surface area contributed by atoms with E-state index in [1.54, 1.807) is 19.2 Å². The molecule has 0 aromatic heterocycles. The van der Waals surface area contributed by atoms with Gasteiger partial charge in [-0.15, -0.1) is 24.0 Å². The van der Waals surface area contributed by atoms with Gasteiger partial charge in [-0.1, -0.05) is 36.4 Å². The summed E-state index contributed by atoms with van der Waals surface area (Å²) in [6.07, 6.45) is -0.169. The monoisotopic (exact) mass is 519 g/mol. The van der Waals surface area contributed by atoms with E-state index in [4.69, 9.17) is 4.74 Å². The normalized spacial score (nSPS) is 13.2. The van der Waals surface area contributed by atoms with E-state index in [9.17, 15) is 8.60 Å². The summed E-state index contributed by atoms with van der Waals surface area (Å²) in [6.45, 7) is 2.95. The van der Waals surface area contributed by atoms with Crippen molar-refractivity contribution in [1.29, 1.82) is 0 Å². The number of hydrogen-bond donors (Lipinski definition) is 2. The van der Waals surface area contributed by atoms with Gasteiger partial charge in [-0.2, -0.15) is 0 Å². The molecule has 0 spiro atoms. The number of rotatable bonds is 9. The van der Waals surface area contributed by atoms with Gasteiger partial charge >= 0.3 is 0 Å². The summed E-state index contributed by atoms with van der Waals surface area (Å²) in [5.41, 5.74) is 1.07.